The number of hydrogen-bond acceptors (Lipinski definition) is 4. The number of aryl methyl sites for hydroxylation is 1. The van der Waals surface area contributed by atoms with Crippen LogP contribution in [0.3, 0.4) is 0 Å². The fourth-order valence-electron chi connectivity index (χ4n) is 2.44. The van der Waals surface area contributed by atoms with Crippen molar-refractivity contribution in [3.63, 3.8) is 0 Å². The van der Waals surface area contributed by atoms with Crippen LogP contribution in [0.4, 0.5) is 5.69 Å². The van der Waals surface area contributed by atoms with E-state index < -0.39 is 10.0 Å². The van der Waals surface area contributed by atoms with E-state index in [1.807, 2.05) is 6.92 Å². The molecule has 0 aromatic heterocycles. The molecule has 0 unspecified atom stereocenters. The summed E-state index contributed by atoms with van der Waals surface area (Å²) in [6.45, 7) is 5.82. The van der Waals surface area contributed by atoms with Gasteiger partial charge in [-0.15, -0.1) is 0 Å². The highest BCUT2D eigenvalue weighted by molar-refractivity contribution is 7.89. The van der Waals surface area contributed by atoms with Crippen molar-refractivity contribution in [3.05, 3.63) is 59.7 Å². The predicted molar refractivity (Wildman–Crippen MR) is 113 cm³/mol. The molecule has 0 heterocycles. The molecule has 2 aromatic carbocycles. The Labute approximate surface area is 172 Å². The Bertz CT molecular complexity index is 937. The Hall–Kier alpha value is -2.71. The van der Waals surface area contributed by atoms with E-state index in [2.05, 4.69) is 15.4 Å². The summed E-state index contributed by atoms with van der Waals surface area (Å²) in [5, 5.41) is 5.42. The van der Waals surface area contributed by atoms with Gasteiger partial charge < -0.3 is 10.6 Å². The molecule has 7 nitrogen and oxygen atoms in total. The van der Waals surface area contributed by atoms with Gasteiger partial charge in [0.05, 0.1) is 4.90 Å². The number of hydrogen-bond donors (Lipinski definition) is 3. The van der Waals surface area contributed by atoms with Gasteiger partial charge in [-0.05, 0) is 48.4 Å². The highest BCUT2D eigenvalue weighted by Gasteiger charge is 2.13. The van der Waals surface area contributed by atoms with E-state index >= 15 is 0 Å². The quantitative estimate of drug-likeness (QED) is 0.545. The zero-order valence-corrected chi connectivity index (χ0v) is 17.7. The number of nitrogens with one attached hydrogen (secondary N) is 3. The molecule has 0 aliphatic heterocycles. The van der Waals surface area contributed by atoms with E-state index in [1.165, 1.54) is 0 Å². The van der Waals surface area contributed by atoms with Gasteiger partial charge in [-0.25, -0.2) is 13.1 Å². The molecule has 0 fully saturated rings. The Morgan fingerprint density at radius 3 is 2.10 bits per heavy atom. The molecule has 3 N–H and O–H groups in total. The van der Waals surface area contributed by atoms with Crippen LogP contribution < -0.4 is 15.4 Å². The van der Waals surface area contributed by atoms with Gasteiger partial charge in [0, 0.05) is 30.3 Å². The van der Waals surface area contributed by atoms with Crippen LogP contribution in [0.15, 0.2) is 53.4 Å². The van der Waals surface area contributed by atoms with Gasteiger partial charge in [0.15, 0.2) is 0 Å². The summed E-state index contributed by atoms with van der Waals surface area (Å²) in [7, 11) is -3.61. The lowest BCUT2D eigenvalue weighted by Crippen LogP contribution is -2.34. The van der Waals surface area contributed by atoms with Crippen molar-refractivity contribution in [2.24, 2.45) is 5.92 Å². The smallest absolute Gasteiger partial charge is 0.251 e. The molecular formula is C21H27N3O4S. The lowest BCUT2D eigenvalue weighted by Gasteiger charge is -2.10. The van der Waals surface area contributed by atoms with Gasteiger partial charge in [0.1, 0.15) is 0 Å². The van der Waals surface area contributed by atoms with Crippen LogP contribution in [-0.4, -0.2) is 33.3 Å². The number of carbonyl (C=O) groups is 2. The molecule has 0 radical (unpaired) electrons. The minimum absolute atomic E-state index is 0.0755. The normalized spacial score (nSPS) is 11.3. The molecule has 0 atom stereocenters. The van der Waals surface area contributed by atoms with Crippen molar-refractivity contribution in [1.29, 1.82) is 0 Å². The fourth-order valence-corrected chi connectivity index (χ4v) is 3.47. The first-order valence-electron chi connectivity index (χ1n) is 9.50. The number of carbonyl (C=O) groups excluding carboxylic acids is 2. The van der Waals surface area contributed by atoms with E-state index in [-0.39, 0.29) is 35.7 Å². The topological polar surface area (TPSA) is 104 Å². The van der Waals surface area contributed by atoms with E-state index in [0.717, 1.165) is 12.0 Å². The minimum Gasteiger partial charge on any atom is -0.351 e. The van der Waals surface area contributed by atoms with Gasteiger partial charge in [-0.1, -0.05) is 32.9 Å². The zero-order chi connectivity index (χ0) is 21.4. The first-order valence-corrected chi connectivity index (χ1v) is 11.0. The largest absolute Gasteiger partial charge is 0.351 e. The zero-order valence-electron chi connectivity index (χ0n) is 16.9. The molecule has 0 saturated heterocycles. The lowest BCUT2D eigenvalue weighted by molar-refractivity contribution is -0.118. The summed E-state index contributed by atoms with van der Waals surface area (Å²) in [6.07, 6.45) is 0.838. The monoisotopic (exact) mass is 417 g/mol. The summed E-state index contributed by atoms with van der Waals surface area (Å²) in [6, 6.07) is 13.2. The van der Waals surface area contributed by atoms with Crippen LogP contribution in [-0.2, 0) is 21.2 Å². The number of anilines is 1. The summed E-state index contributed by atoms with van der Waals surface area (Å²) >= 11 is 0. The van der Waals surface area contributed by atoms with Crippen LogP contribution in [0.25, 0.3) is 0 Å². The Morgan fingerprint density at radius 1 is 0.931 bits per heavy atom. The van der Waals surface area contributed by atoms with Gasteiger partial charge in [0.25, 0.3) is 5.91 Å². The summed E-state index contributed by atoms with van der Waals surface area (Å²) in [4.78, 5) is 24.0. The third-order valence-electron chi connectivity index (χ3n) is 4.28. The van der Waals surface area contributed by atoms with Gasteiger partial charge in [-0.2, -0.15) is 0 Å². The molecule has 0 aliphatic rings. The molecule has 8 heteroatoms. The second-order valence-electron chi connectivity index (χ2n) is 6.87. The molecule has 2 aromatic rings. The van der Waals surface area contributed by atoms with Crippen LogP contribution >= 0.6 is 0 Å². The highest BCUT2D eigenvalue weighted by Crippen LogP contribution is 2.12. The molecule has 0 spiro atoms. The Balaban J connectivity index is 1.82. The third kappa shape index (κ3) is 6.69. The van der Waals surface area contributed by atoms with E-state index in [9.17, 15) is 18.0 Å². The van der Waals surface area contributed by atoms with Gasteiger partial charge in [0.2, 0.25) is 15.9 Å². The summed E-state index contributed by atoms with van der Waals surface area (Å²) in [5.74, 6) is -0.552. The number of benzene rings is 2. The molecule has 2 rings (SSSR count). The average molecular weight is 418 g/mol. The van der Waals surface area contributed by atoms with Crippen LogP contribution in [0.5, 0.6) is 0 Å². The summed E-state index contributed by atoms with van der Waals surface area (Å²) < 4.78 is 27.0. The van der Waals surface area contributed by atoms with Crippen molar-refractivity contribution < 1.29 is 18.0 Å². The van der Waals surface area contributed by atoms with Crippen LogP contribution in [0, 0.1) is 5.92 Å². The maximum Gasteiger partial charge on any atom is 0.251 e. The fraction of sp³-hybridized carbons (Fsp3) is 0.333. The predicted octanol–water partition coefficient (Wildman–Crippen LogP) is 2.55. The molecule has 29 heavy (non-hydrogen) atoms. The minimum atomic E-state index is -3.61. The molecule has 2 amide bonds. The second kappa shape index (κ2) is 10.2. The lowest BCUT2D eigenvalue weighted by atomic mass is 10.1. The van der Waals surface area contributed by atoms with Crippen LogP contribution in [0.1, 0.15) is 36.7 Å². The Kier molecular flexibility index (Phi) is 7.92. The Morgan fingerprint density at radius 2 is 1.55 bits per heavy atom. The van der Waals surface area contributed by atoms with Crippen molar-refractivity contribution in [2.75, 3.05) is 18.4 Å². The van der Waals surface area contributed by atoms with Crippen LogP contribution in [0.2, 0.25) is 0 Å². The average Bonchev–Trinajstić information content (AvgIpc) is 2.71. The SMILES string of the molecule is CCc1ccc(S(=O)(=O)NCCNC(=O)c2ccc(NC(=O)C(C)C)cc2)cc1. The van der Waals surface area contributed by atoms with E-state index in [1.54, 1.807) is 62.4 Å². The van der Waals surface area contributed by atoms with Crippen molar-refractivity contribution >= 4 is 27.5 Å². The number of sulfonamides is 1. The maximum atomic E-state index is 12.3. The third-order valence-corrected chi connectivity index (χ3v) is 5.76. The first-order chi connectivity index (χ1) is 13.7. The summed E-state index contributed by atoms with van der Waals surface area (Å²) in [5.41, 5.74) is 2.10. The molecular weight excluding hydrogens is 390 g/mol. The molecule has 156 valence electrons. The maximum absolute atomic E-state index is 12.3. The van der Waals surface area contributed by atoms with Gasteiger partial charge in [-0.3, -0.25) is 9.59 Å². The molecule has 0 bridgehead atoms. The number of rotatable bonds is 9. The van der Waals surface area contributed by atoms with E-state index in [0.29, 0.717) is 11.3 Å². The standard InChI is InChI=1S/C21H27N3O4S/c1-4-16-5-11-19(12-6-16)29(27,28)23-14-13-22-21(26)17-7-9-18(10-8-17)24-20(25)15(2)3/h5-12,15,23H,4,13-14H2,1-3H3,(H,22,26)(H,24,25). The molecule has 0 saturated carbocycles. The van der Waals surface area contributed by atoms with E-state index in [4.69, 9.17) is 0 Å². The van der Waals surface area contributed by atoms with Crippen molar-refractivity contribution in [3.8, 4) is 0 Å². The highest BCUT2D eigenvalue weighted by atomic mass is 32.2. The first kappa shape index (κ1) is 22.6. The van der Waals surface area contributed by atoms with Gasteiger partial charge >= 0.3 is 0 Å². The van der Waals surface area contributed by atoms with Crippen molar-refractivity contribution in [2.45, 2.75) is 32.1 Å². The number of amides is 2. The molecule has 0 aliphatic carbocycles. The van der Waals surface area contributed by atoms with Crippen molar-refractivity contribution in [1.82, 2.24) is 10.0 Å². The second-order valence-corrected chi connectivity index (χ2v) is 8.64.